The first-order valence-electron chi connectivity index (χ1n) is 8.70. The summed E-state index contributed by atoms with van der Waals surface area (Å²) in [5, 5.41) is 3.63. The molecule has 0 fully saturated rings. The zero-order valence-electron chi connectivity index (χ0n) is 15.6. The molecule has 0 saturated heterocycles. The Morgan fingerprint density at radius 3 is 2.56 bits per heavy atom. The van der Waals surface area contributed by atoms with Crippen LogP contribution in [0.15, 0.2) is 48.8 Å². The van der Waals surface area contributed by atoms with Crippen LogP contribution >= 0.6 is 11.6 Å². The fourth-order valence-electron chi connectivity index (χ4n) is 2.91. The van der Waals surface area contributed by atoms with Crippen LogP contribution in [-0.2, 0) is 11.3 Å². The third kappa shape index (κ3) is 4.49. The molecule has 3 aromatic rings. The van der Waals surface area contributed by atoms with Gasteiger partial charge in [-0.3, -0.25) is 4.79 Å². The van der Waals surface area contributed by atoms with Gasteiger partial charge in [-0.1, -0.05) is 29.8 Å². The van der Waals surface area contributed by atoms with E-state index in [0.717, 1.165) is 33.2 Å². The number of aromatic nitrogens is 2. The zero-order chi connectivity index (χ0) is 19.4. The highest BCUT2D eigenvalue weighted by molar-refractivity contribution is 6.32. The van der Waals surface area contributed by atoms with Gasteiger partial charge in [0.2, 0.25) is 0 Å². The first-order valence-corrected chi connectivity index (χ1v) is 9.08. The lowest BCUT2D eigenvalue weighted by Crippen LogP contribution is -2.28. The topological polar surface area (TPSA) is 56.1 Å². The van der Waals surface area contributed by atoms with Crippen molar-refractivity contribution < 1.29 is 9.53 Å². The van der Waals surface area contributed by atoms with Gasteiger partial charge in [0.1, 0.15) is 11.6 Å². The van der Waals surface area contributed by atoms with E-state index in [2.05, 4.69) is 10.3 Å². The van der Waals surface area contributed by atoms with Gasteiger partial charge >= 0.3 is 0 Å². The van der Waals surface area contributed by atoms with Gasteiger partial charge in [-0.05, 0) is 55.7 Å². The van der Waals surface area contributed by atoms with Crippen molar-refractivity contribution in [3.63, 3.8) is 0 Å². The van der Waals surface area contributed by atoms with E-state index in [9.17, 15) is 4.79 Å². The molecular weight excluding hydrogens is 362 g/mol. The van der Waals surface area contributed by atoms with Crippen molar-refractivity contribution in [2.75, 3.05) is 6.61 Å². The smallest absolute Gasteiger partial charge is 0.258 e. The summed E-state index contributed by atoms with van der Waals surface area (Å²) >= 11 is 6.16. The molecule has 3 rings (SSSR count). The van der Waals surface area contributed by atoms with Gasteiger partial charge in [-0.2, -0.15) is 0 Å². The first-order chi connectivity index (χ1) is 13.0. The minimum absolute atomic E-state index is 0.0488. The van der Waals surface area contributed by atoms with Gasteiger partial charge in [-0.25, -0.2) is 4.98 Å². The Balaban J connectivity index is 1.61. The standard InChI is InChI=1S/C21H22ClN3O2/c1-14-10-18(11-15(2)21(14)22)27-13-20(26)24-12-17-6-4-5-7-19(17)25-9-8-23-16(25)3/h4-11H,12-13H2,1-3H3,(H,24,26). The maximum Gasteiger partial charge on any atom is 0.258 e. The van der Waals surface area contributed by atoms with E-state index in [4.69, 9.17) is 16.3 Å². The molecule has 0 atom stereocenters. The number of para-hydroxylation sites is 1. The molecule has 0 saturated carbocycles. The Bertz CT molecular complexity index is 943. The molecule has 1 aromatic heterocycles. The second-order valence-electron chi connectivity index (χ2n) is 6.41. The fourth-order valence-corrected chi connectivity index (χ4v) is 3.02. The van der Waals surface area contributed by atoms with E-state index < -0.39 is 0 Å². The Kier molecular flexibility index (Phi) is 5.81. The predicted molar refractivity (Wildman–Crippen MR) is 107 cm³/mol. The molecule has 0 aliphatic rings. The molecule has 1 heterocycles. The number of hydrogen-bond donors (Lipinski definition) is 1. The van der Waals surface area contributed by atoms with Gasteiger partial charge in [-0.15, -0.1) is 0 Å². The van der Waals surface area contributed by atoms with Crippen molar-refractivity contribution in [1.82, 2.24) is 14.9 Å². The number of carbonyl (C=O) groups excluding carboxylic acids is 1. The van der Waals surface area contributed by atoms with Gasteiger partial charge in [0.25, 0.3) is 5.91 Å². The lowest BCUT2D eigenvalue weighted by atomic mass is 10.1. The van der Waals surface area contributed by atoms with Crippen LogP contribution in [0, 0.1) is 20.8 Å². The summed E-state index contributed by atoms with van der Waals surface area (Å²) < 4.78 is 7.61. The summed E-state index contributed by atoms with van der Waals surface area (Å²) in [6.45, 7) is 6.13. The highest BCUT2D eigenvalue weighted by Gasteiger charge is 2.09. The number of rotatable bonds is 6. The number of hydrogen-bond acceptors (Lipinski definition) is 3. The second kappa shape index (κ2) is 8.27. The predicted octanol–water partition coefficient (Wildman–Crippen LogP) is 4.15. The monoisotopic (exact) mass is 383 g/mol. The average Bonchev–Trinajstić information content (AvgIpc) is 3.08. The van der Waals surface area contributed by atoms with Gasteiger partial charge < -0.3 is 14.6 Å². The van der Waals surface area contributed by atoms with Crippen LogP contribution < -0.4 is 10.1 Å². The van der Waals surface area contributed by atoms with Crippen molar-refractivity contribution in [1.29, 1.82) is 0 Å². The Labute approximate surface area is 164 Å². The maximum absolute atomic E-state index is 12.2. The van der Waals surface area contributed by atoms with Crippen LogP contribution in [0.2, 0.25) is 5.02 Å². The number of amides is 1. The molecule has 6 heteroatoms. The largest absolute Gasteiger partial charge is 0.484 e. The molecule has 1 amide bonds. The average molecular weight is 384 g/mol. The van der Waals surface area contributed by atoms with Crippen LogP contribution in [0.3, 0.4) is 0 Å². The molecule has 1 N–H and O–H groups in total. The fraction of sp³-hybridized carbons (Fsp3) is 0.238. The molecule has 0 aliphatic heterocycles. The molecule has 0 aliphatic carbocycles. The summed E-state index contributed by atoms with van der Waals surface area (Å²) in [7, 11) is 0. The van der Waals surface area contributed by atoms with E-state index in [0.29, 0.717) is 12.3 Å². The first kappa shape index (κ1) is 19.0. The van der Waals surface area contributed by atoms with Crippen LogP contribution in [-0.4, -0.2) is 22.1 Å². The number of imidazole rings is 1. The summed E-state index contributed by atoms with van der Waals surface area (Å²) in [6.07, 6.45) is 3.67. The zero-order valence-corrected chi connectivity index (χ0v) is 16.4. The number of halogens is 1. The number of benzene rings is 2. The molecule has 0 spiro atoms. The van der Waals surface area contributed by atoms with Crippen molar-refractivity contribution in [3.05, 3.63) is 76.3 Å². The molecule has 140 valence electrons. The Morgan fingerprint density at radius 1 is 1.19 bits per heavy atom. The third-order valence-corrected chi connectivity index (χ3v) is 4.93. The van der Waals surface area contributed by atoms with Crippen LogP contribution in [0.5, 0.6) is 5.75 Å². The van der Waals surface area contributed by atoms with Crippen LogP contribution in [0.25, 0.3) is 5.69 Å². The SMILES string of the molecule is Cc1cc(OCC(=O)NCc2ccccc2-n2ccnc2C)cc(C)c1Cl. The quantitative estimate of drug-likeness (QED) is 0.695. The molecule has 0 unspecified atom stereocenters. The van der Waals surface area contributed by atoms with Crippen molar-refractivity contribution in [2.45, 2.75) is 27.3 Å². The van der Waals surface area contributed by atoms with E-state index in [1.165, 1.54) is 0 Å². The molecule has 5 nitrogen and oxygen atoms in total. The van der Waals surface area contributed by atoms with E-state index in [1.54, 1.807) is 6.20 Å². The highest BCUT2D eigenvalue weighted by atomic mass is 35.5. The normalized spacial score (nSPS) is 10.7. The second-order valence-corrected chi connectivity index (χ2v) is 6.79. The number of ether oxygens (including phenoxy) is 1. The number of nitrogens with zero attached hydrogens (tertiary/aromatic N) is 2. The summed E-state index contributed by atoms with van der Waals surface area (Å²) in [6, 6.07) is 11.6. The van der Waals surface area contributed by atoms with Crippen molar-refractivity contribution in [2.24, 2.45) is 0 Å². The van der Waals surface area contributed by atoms with E-state index in [1.807, 2.05) is 67.9 Å². The summed E-state index contributed by atoms with van der Waals surface area (Å²) in [5.74, 6) is 1.35. The summed E-state index contributed by atoms with van der Waals surface area (Å²) in [5.41, 5.74) is 3.86. The Hall–Kier alpha value is -2.79. The lowest BCUT2D eigenvalue weighted by molar-refractivity contribution is -0.123. The molecule has 0 bridgehead atoms. The van der Waals surface area contributed by atoms with Gasteiger partial charge in [0, 0.05) is 24.0 Å². The summed E-state index contributed by atoms with van der Waals surface area (Å²) in [4.78, 5) is 16.5. The van der Waals surface area contributed by atoms with Gasteiger partial charge in [0.15, 0.2) is 6.61 Å². The lowest BCUT2D eigenvalue weighted by Gasteiger charge is -2.13. The molecular formula is C21H22ClN3O2. The number of nitrogens with one attached hydrogen (secondary N) is 1. The van der Waals surface area contributed by atoms with Crippen molar-refractivity contribution in [3.8, 4) is 11.4 Å². The molecule has 27 heavy (non-hydrogen) atoms. The van der Waals surface area contributed by atoms with E-state index in [-0.39, 0.29) is 12.5 Å². The number of aryl methyl sites for hydroxylation is 3. The van der Waals surface area contributed by atoms with Crippen molar-refractivity contribution >= 4 is 17.5 Å². The Morgan fingerprint density at radius 2 is 1.89 bits per heavy atom. The number of carbonyl (C=O) groups is 1. The highest BCUT2D eigenvalue weighted by Crippen LogP contribution is 2.25. The molecule has 0 radical (unpaired) electrons. The van der Waals surface area contributed by atoms with Crippen LogP contribution in [0.1, 0.15) is 22.5 Å². The minimum Gasteiger partial charge on any atom is -0.484 e. The maximum atomic E-state index is 12.2. The van der Waals surface area contributed by atoms with Gasteiger partial charge in [0.05, 0.1) is 5.69 Å². The van der Waals surface area contributed by atoms with E-state index >= 15 is 0 Å². The third-order valence-electron chi connectivity index (χ3n) is 4.33. The minimum atomic E-state index is -0.183. The van der Waals surface area contributed by atoms with Crippen LogP contribution in [0.4, 0.5) is 0 Å². The molecule has 2 aromatic carbocycles.